The molecule has 0 spiro atoms. The van der Waals surface area contributed by atoms with Crippen LogP contribution >= 0.6 is 0 Å². The zero-order chi connectivity index (χ0) is 17.2. The standard InChI is InChI=1S/C23H18N2/c1-16-4-3-5-18(9-6-16)20-12-13-21-22(14-20)24-15-23(25-21)19-10-7-17(2)8-11-19/h3,5-15H,1-2H3. The first-order valence-electron chi connectivity index (χ1n) is 8.35. The predicted octanol–water partition coefficient (Wildman–Crippen LogP) is 5.66. The minimum atomic E-state index is 0.900. The van der Waals surface area contributed by atoms with E-state index in [1.54, 1.807) is 0 Å². The summed E-state index contributed by atoms with van der Waals surface area (Å²) in [6.07, 6.45) is 10.1. The summed E-state index contributed by atoms with van der Waals surface area (Å²) in [5.41, 5.74) is 11.7. The van der Waals surface area contributed by atoms with Crippen molar-refractivity contribution in [3.63, 3.8) is 0 Å². The summed E-state index contributed by atoms with van der Waals surface area (Å²) in [6, 6.07) is 14.6. The topological polar surface area (TPSA) is 25.8 Å². The fourth-order valence-corrected chi connectivity index (χ4v) is 2.83. The van der Waals surface area contributed by atoms with Crippen molar-refractivity contribution in [2.24, 2.45) is 0 Å². The maximum atomic E-state index is 4.77. The number of aryl methyl sites for hydroxylation is 1. The Morgan fingerprint density at radius 3 is 2.48 bits per heavy atom. The Hall–Kier alpha value is -3.22. The minimum Gasteiger partial charge on any atom is -0.252 e. The van der Waals surface area contributed by atoms with Gasteiger partial charge in [0.25, 0.3) is 0 Å². The van der Waals surface area contributed by atoms with Gasteiger partial charge in [-0.2, -0.15) is 0 Å². The first-order valence-corrected chi connectivity index (χ1v) is 8.35. The highest BCUT2D eigenvalue weighted by Gasteiger charge is 2.06. The van der Waals surface area contributed by atoms with Crippen molar-refractivity contribution < 1.29 is 0 Å². The molecule has 0 bridgehead atoms. The van der Waals surface area contributed by atoms with Crippen LogP contribution in [0, 0.1) is 6.92 Å². The second-order valence-corrected chi connectivity index (χ2v) is 6.27. The van der Waals surface area contributed by atoms with Gasteiger partial charge >= 0.3 is 0 Å². The van der Waals surface area contributed by atoms with E-state index < -0.39 is 0 Å². The third-order valence-corrected chi connectivity index (χ3v) is 4.31. The molecule has 1 aliphatic rings. The largest absolute Gasteiger partial charge is 0.252 e. The average molecular weight is 322 g/mol. The van der Waals surface area contributed by atoms with E-state index in [0.717, 1.165) is 39.0 Å². The van der Waals surface area contributed by atoms with Gasteiger partial charge in [0.05, 0.1) is 22.9 Å². The van der Waals surface area contributed by atoms with Crippen LogP contribution in [0.5, 0.6) is 0 Å². The lowest BCUT2D eigenvalue weighted by atomic mass is 10.0. The summed E-state index contributed by atoms with van der Waals surface area (Å²) in [7, 11) is 0. The molecule has 0 unspecified atom stereocenters. The lowest BCUT2D eigenvalue weighted by molar-refractivity contribution is 1.29. The van der Waals surface area contributed by atoms with Crippen LogP contribution in [0.4, 0.5) is 0 Å². The number of fused-ring (bicyclic) bond motifs is 1. The fraction of sp³-hybridized carbons (Fsp3) is 0.0870. The molecule has 1 heterocycles. The van der Waals surface area contributed by atoms with Crippen molar-refractivity contribution in [2.45, 2.75) is 13.8 Å². The van der Waals surface area contributed by atoms with Crippen molar-refractivity contribution in [1.82, 2.24) is 9.97 Å². The van der Waals surface area contributed by atoms with Crippen molar-refractivity contribution in [3.05, 3.63) is 95.4 Å². The smallest absolute Gasteiger partial charge is 0.0894 e. The average Bonchev–Trinajstić information content (AvgIpc) is 2.86. The molecule has 25 heavy (non-hydrogen) atoms. The van der Waals surface area contributed by atoms with Gasteiger partial charge in [-0.1, -0.05) is 48.0 Å². The van der Waals surface area contributed by atoms with Gasteiger partial charge in [-0.25, -0.2) is 4.98 Å². The normalized spacial score (nSPS) is 13.5. The van der Waals surface area contributed by atoms with Gasteiger partial charge in [-0.3, -0.25) is 4.98 Å². The number of allylic oxidation sites excluding steroid dienone is 5. The quantitative estimate of drug-likeness (QED) is 0.569. The molecule has 0 radical (unpaired) electrons. The fourth-order valence-electron chi connectivity index (χ4n) is 2.83. The molecule has 0 atom stereocenters. The molecular weight excluding hydrogens is 304 g/mol. The first kappa shape index (κ1) is 15.3. The van der Waals surface area contributed by atoms with Crippen LogP contribution in [-0.2, 0) is 0 Å². The van der Waals surface area contributed by atoms with Gasteiger partial charge in [-0.05, 0) is 54.8 Å². The SMILES string of the molecule is CC1=C=CC=C(c2ccc3nc(-c4ccc(C)cc4)cnc3c2)C=C1. The van der Waals surface area contributed by atoms with Crippen LogP contribution in [-0.4, -0.2) is 9.97 Å². The molecule has 0 amide bonds. The van der Waals surface area contributed by atoms with E-state index in [9.17, 15) is 0 Å². The third-order valence-electron chi connectivity index (χ3n) is 4.31. The molecule has 3 aromatic rings. The van der Waals surface area contributed by atoms with Crippen molar-refractivity contribution in [3.8, 4) is 11.3 Å². The summed E-state index contributed by atoms with van der Waals surface area (Å²) in [6.45, 7) is 4.13. The van der Waals surface area contributed by atoms with E-state index in [1.807, 2.05) is 25.3 Å². The van der Waals surface area contributed by atoms with Gasteiger partial charge in [0.15, 0.2) is 0 Å². The Kier molecular flexibility index (Phi) is 3.89. The number of hydrogen-bond acceptors (Lipinski definition) is 2. The van der Waals surface area contributed by atoms with Crippen LogP contribution < -0.4 is 0 Å². The Morgan fingerprint density at radius 2 is 1.64 bits per heavy atom. The van der Waals surface area contributed by atoms with Crippen LogP contribution in [0.25, 0.3) is 27.9 Å². The molecule has 0 fully saturated rings. The van der Waals surface area contributed by atoms with E-state index in [4.69, 9.17) is 4.98 Å². The van der Waals surface area contributed by atoms with E-state index in [2.05, 4.69) is 72.3 Å². The summed E-state index contributed by atoms with van der Waals surface area (Å²) in [5, 5.41) is 0. The molecular formula is C23H18N2. The van der Waals surface area contributed by atoms with E-state index in [-0.39, 0.29) is 0 Å². The summed E-state index contributed by atoms with van der Waals surface area (Å²) in [5.74, 6) is 0. The molecule has 0 N–H and O–H groups in total. The van der Waals surface area contributed by atoms with Crippen molar-refractivity contribution in [2.75, 3.05) is 0 Å². The van der Waals surface area contributed by atoms with Crippen molar-refractivity contribution >= 4 is 16.6 Å². The van der Waals surface area contributed by atoms with Crippen LogP contribution in [0.3, 0.4) is 0 Å². The van der Waals surface area contributed by atoms with Gasteiger partial charge in [0.2, 0.25) is 0 Å². The Balaban J connectivity index is 1.72. The molecule has 1 aliphatic carbocycles. The van der Waals surface area contributed by atoms with Gasteiger partial charge in [0.1, 0.15) is 0 Å². The Labute approximate surface area is 147 Å². The summed E-state index contributed by atoms with van der Waals surface area (Å²) in [4.78, 5) is 9.40. The summed E-state index contributed by atoms with van der Waals surface area (Å²) < 4.78 is 0. The van der Waals surface area contributed by atoms with Crippen molar-refractivity contribution in [1.29, 1.82) is 0 Å². The number of hydrogen-bond donors (Lipinski definition) is 0. The highest BCUT2D eigenvalue weighted by Crippen LogP contribution is 2.24. The monoisotopic (exact) mass is 322 g/mol. The number of benzene rings is 2. The van der Waals surface area contributed by atoms with E-state index in [0.29, 0.717) is 0 Å². The maximum absolute atomic E-state index is 4.77. The van der Waals surface area contributed by atoms with Crippen LogP contribution in [0.2, 0.25) is 0 Å². The Bertz CT molecular complexity index is 1080. The molecule has 0 saturated carbocycles. The molecule has 2 aromatic carbocycles. The Morgan fingerprint density at radius 1 is 0.840 bits per heavy atom. The molecule has 1 aromatic heterocycles. The highest BCUT2D eigenvalue weighted by molar-refractivity contribution is 5.85. The zero-order valence-electron chi connectivity index (χ0n) is 14.3. The molecule has 2 nitrogen and oxygen atoms in total. The molecule has 2 heteroatoms. The minimum absolute atomic E-state index is 0.900. The van der Waals surface area contributed by atoms with E-state index in [1.165, 1.54) is 5.56 Å². The predicted molar refractivity (Wildman–Crippen MR) is 104 cm³/mol. The third kappa shape index (κ3) is 3.21. The maximum Gasteiger partial charge on any atom is 0.0894 e. The zero-order valence-corrected chi connectivity index (χ0v) is 14.3. The second kappa shape index (κ2) is 6.35. The molecule has 4 rings (SSSR count). The number of nitrogens with zero attached hydrogens (tertiary/aromatic N) is 2. The van der Waals surface area contributed by atoms with Crippen LogP contribution in [0.15, 0.2) is 84.3 Å². The van der Waals surface area contributed by atoms with E-state index >= 15 is 0 Å². The lowest BCUT2D eigenvalue weighted by Crippen LogP contribution is -1.90. The van der Waals surface area contributed by atoms with Crippen LogP contribution in [0.1, 0.15) is 18.1 Å². The second-order valence-electron chi connectivity index (χ2n) is 6.27. The first-order chi connectivity index (χ1) is 12.2. The molecule has 120 valence electrons. The summed E-state index contributed by atoms with van der Waals surface area (Å²) >= 11 is 0. The number of rotatable bonds is 2. The molecule has 0 saturated heterocycles. The highest BCUT2D eigenvalue weighted by atomic mass is 14.8. The van der Waals surface area contributed by atoms with Gasteiger partial charge in [-0.15, -0.1) is 5.73 Å². The van der Waals surface area contributed by atoms with Gasteiger partial charge in [0, 0.05) is 5.56 Å². The molecule has 0 aliphatic heterocycles. The lowest BCUT2D eigenvalue weighted by Gasteiger charge is -2.06. The number of aromatic nitrogens is 2. The van der Waals surface area contributed by atoms with Gasteiger partial charge < -0.3 is 0 Å².